The number of aryl methyl sites for hydroxylation is 1. The molecule has 0 saturated heterocycles. The van der Waals surface area contributed by atoms with Crippen molar-refractivity contribution in [2.75, 3.05) is 5.32 Å². The minimum atomic E-state index is -4.49. The lowest BCUT2D eigenvalue weighted by Crippen LogP contribution is -2.36. The first kappa shape index (κ1) is 19.9. The molecule has 0 unspecified atom stereocenters. The van der Waals surface area contributed by atoms with Crippen LogP contribution in [0.2, 0.25) is 0 Å². The Morgan fingerprint density at radius 2 is 2.00 bits per heavy atom. The maximum absolute atomic E-state index is 13.8. The molecule has 0 bridgehead atoms. The third-order valence-corrected chi connectivity index (χ3v) is 5.14. The van der Waals surface area contributed by atoms with Gasteiger partial charge in [-0.1, -0.05) is 35.9 Å². The summed E-state index contributed by atoms with van der Waals surface area (Å²) in [6, 6.07) is 8.44. The van der Waals surface area contributed by atoms with Gasteiger partial charge in [-0.3, -0.25) is 9.78 Å². The first-order valence-electron chi connectivity index (χ1n) is 9.47. The first-order chi connectivity index (χ1) is 14.3. The van der Waals surface area contributed by atoms with E-state index in [0.29, 0.717) is 0 Å². The summed E-state index contributed by atoms with van der Waals surface area (Å²) in [5, 5.41) is 9.69. The maximum atomic E-state index is 13.8. The van der Waals surface area contributed by atoms with Crippen LogP contribution in [0.15, 0.2) is 55.0 Å². The van der Waals surface area contributed by atoms with E-state index in [2.05, 4.69) is 20.7 Å². The van der Waals surface area contributed by atoms with Crippen molar-refractivity contribution in [2.24, 2.45) is 0 Å². The number of alkyl halides is 3. The van der Waals surface area contributed by atoms with Crippen LogP contribution in [0, 0.1) is 6.92 Å². The average molecular weight is 415 g/mol. The van der Waals surface area contributed by atoms with E-state index in [1.165, 1.54) is 6.20 Å². The van der Waals surface area contributed by atoms with Crippen molar-refractivity contribution in [3.63, 3.8) is 0 Å². The molecule has 2 N–H and O–H groups in total. The summed E-state index contributed by atoms with van der Waals surface area (Å²) in [7, 11) is 0. The van der Waals surface area contributed by atoms with Crippen LogP contribution in [0.5, 0.6) is 0 Å². The summed E-state index contributed by atoms with van der Waals surface area (Å²) in [6.45, 7) is 2.12. The summed E-state index contributed by atoms with van der Waals surface area (Å²) in [4.78, 5) is 16.7. The summed E-state index contributed by atoms with van der Waals surface area (Å²) in [5.41, 5.74) is 2.60. The first-order valence-corrected chi connectivity index (χ1v) is 9.47. The van der Waals surface area contributed by atoms with E-state index in [-0.39, 0.29) is 24.3 Å². The molecule has 0 fully saturated rings. The molecule has 4 rings (SSSR count). The van der Waals surface area contributed by atoms with Gasteiger partial charge in [-0.05, 0) is 24.1 Å². The number of carbonyl (C=O) groups excluding carboxylic acids is 1. The number of halogens is 3. The highest BCUT2D eigenvalue weighted by atomic mass is 19.4. The van der Waals surface area contributed by atoms with Crippen LogP contribution in [0.3, 0.4) is 0 Å². The SMILES string of the molecule is Cc1ccc([C@@H]2C[C@@H](C(F)(F)F)n3ncc(C(=O)NCc4cccnc4)c3N2)cc1. The Bertz CT molecular complexity index is 1030. The van der Waals surface area contributed by atoms with Crippen LogP contribution in [0.25, 0.3) is 0 Å². The molecule has 6 nitrogen and oxygen atoms in total. The summed E-state index contributed by atoms with van der Waals surface area (Å²) >= 11 is 0. The van der Waals surface area contributed by atoms with E-state index in [0.717, 1.165) is 21.4 Å². The van der Waals surface area contributed by atoms with E-state index in [1.54, 1.807) is 36.7 Å². The summed E-state index contributed by atoms with van der Waals surface area (Å²) in [6.07, 6.45) is -0.296. The number of pyridine rings is 1. The minimum absolute atomic E-state index is 0.0674. The van der Waals surface area contributed by atoms with Crippen LogP contribution >= 0.6 is 0 Å². The number of anilines is 1. The highest BCUT2D eigenvalue weighted by Crippen LogP contribution is 2.44. The number of fused-ring (bicyclic) bond motifs is 1. The minimum Gasteiger partial charge on any atom is -0.363 e. The van der Waals surface area contributed by atoms with Crippen molar-refractivity contribution < 1.29 is 18.0 Å². The van der Waals surface area contributed by atoms with Gasteiger partial charge in [0.05, 0.1) is 12.2 Å². The smallest absolute Gasteiger partial charge is 0.363 e. The molecule has 2 atom stereocenters. The quantitative estimate of drug-likeness (QED) is 0.671. The van der Waals surface area contributed by atoms with Crippen LogP contribution in [0.4, 0.5) is 19.0 Å². The fraction of sp³-hybridized carbons (Fsp3) is 0.286. The van der Waals surface area contributed by atoms with Crippen molar-refractivity contribution >= 4 is 11.7 Å². The lowest BCUT2D eigenvalue weighted by Gasteiger charge is -2.34. The third-order valence-electron chi connectivity index (χ3n) is 5.14. The molecule has 0 radical (unpaired) electrons. The van der Waals surface area contributed by atoms with E-state index < -0.39 is 24.2 Å². The number of nitrogens with one attached hydrogen (secondary N) is 2. The predicted octanol–water partition coefficient (Wildman–Crippen LogP) is 4.18. The van der Waals surface area contributed by atoms with Gasteiger partial charge >= 0.3 is 6.18 Å². The highest BCUT2D eigenvalue weighted by Gasteiger charge is 2.47. The van der Waals surface area contributed by atoms with Crippen molar-refractivity contribution in [1.82, 2.24) is 20.1 Å². The molecule has 3 heterocycles. The van der Waals surface area contributed by atoms with Gasteiger partial charge in [0.25, 0.3) is 5.91 Å². The van der Waals surface area contributed by atoms with Crippen LogP contribution in [0.1, 0.15) is 45.6 Å². The second-order valence-electron chi connectivity index (χ2n) is 7.30. The molecule has 1 aromatic carbocycles. The Morgan fingerprint density at radius 3 is 2.67 bits per heavy atom. The number of benzene rings is 1. The molecule has 0 saturated carbocycles. The van der Waals surface area contributed by atoms with Gasteiger partial charge in [0.1, 0.15) is 11.4 Å². The fourth-order valence-corrected chi connectivity index (χ4v) is 3.53. The zero-order chi connectivity index (χ0) is 21.3. The van der Waals surface area contributed by atoms with Crippen LogP contribution in [-0.4, -0.2) is 26.8 Å². The van der Waals surface area contributed by atoms with Crippen molar-refractivity contribution in [3.05, 3.63) is 77.2 Å². The number of hydrogen-bond donors (Lipinski definition) is 2. The fourth-order valence-electron chi connectivity index (χ4n) is 3.53. The molecule has 1 aliphatic heterocycles. The van der Waals surface area contributed by atoms with Crippen molar-refractivity contribution in [1.29, 1.82) is 0 Å². The predicted molar refractivity (Wildman–Crippen MR) is 105 cm³/mol. The van der Waals surface area contributed by atoms with Crippen molar-refractivity contribution in [2.45, 2.75) is 38.1 Å². The lowest BCUT2D eigenvalue weighted by molar-refractivity contribution is -0.173. The van der Waals surface area contributed by atoms with Crippen molar-refractivity contribution in [3.8, 4) is 0 Å². The van der Waals surface area contributed by atoms with Gasteiger partial charge < -0.3 is 10.6 Å². The van der Waals surface area contributed by atoms with Crippen LogP contribution in [-0.2, 0) is 6.54 Å². The Labute approximate surface area is 171 Å². The molecule has 9 heteroatoms. The van der Waals surface area contributed by atoms with Gasteiger partial charge in [0.15, 0.2) is 6.04 Å². The molecule has 3 aromatic rings. The van der Waals surface area contributed by atoms with Gasteiger partial charge in [0, 0.05) is 25.4 Å². The van der Waals surface area contributed by atoms with E-state index >= 15 is 0 Å². The summed E-state index contributed by atoms with van der Waals surface area (Å²) < 4.78 is 42.1. The zero-order valence-corrected chi connectivity index (χ0v) is 16.1. The van der Waals surface area contributed by atoms with E-state index in [1.807, 2.05) is 19.1 Å². The van der Waals surface area contributed by atoms with Gasteiger partial charge in [-0.25, -0.2) is 4.68 Å². The number of aromatic nitrogens is 3. The number of amides is 1. The maximum Gasteiger partial charge on any atom is 0.410 e. The zero-order valence-electron chi connectivity index (χ0n) is 16.1. The average Bonchev–Trinajstić information content (AvgIpc) is 3.16. The molecule has 0 spiro atoms. The summed E-state index contributed by atoms with van der Waals surface area (Å²) in [5.74, 6) is -0.434. The molecule has 156 valence electrons. The monoisotopic (exact) mass is 415 g/mol. The molecule has 1 aliphatic rings. The third kappa shape index (κ3) is 4.00. The van der Waals surface area contributed by atoms with E-state index in [9.17, 15) is 18.0 Å². The van der Waals surface area contributed by atoms with E-state index in [4.69, 9.17) is 0 Å². The molecular formula is C21H20F3N5O. The molecule has 2 aromatic heterocycles. The second kappa shape index (κ2) is 7.81. The number of rotatable bonds is 4. The van der Waals surface area contributed by atoms with Gasteiger partial charge in [0.2, 0.25) is 0 Å². The number of hydrogen-bond acceptors (Lipinski definition) is 4. The molecular weight excluding hydrogens is 395 g/mol. The Morgan fingerprint density at radius 1 is 1.23 bits per heavy atom. The Hall–Kier alpha value is -3.36. The lowest BCUT2D eigenvalue weighted by atomic mass is 9.96. The highest BCUT2D eigenvalue weighted by molar-refractivity contribution is 5.98. The Balaban J connectivity index is 1.62. The number of carbonyl (C=O) groups is 1. The number of nitrogens with zero attached hydrogens (tertiary/aromatic N) is 3. The van der Waals surface area contributed by atoms with Gasteiger partial charge in [-0.2, -0.15) is 18.3 Å². The Kier molecular flexibility index (Phi) is 5.19. The normalized spacial score (nSPS) is 18.4. The largest absolute Gasteiger partial charge is 0.410 e. The topological polar surface area (TPSA) is 71.8 Å². The second-order valence-corrected chi connectivity index (χ2v) is 7.30. The molecule has 0 aliphatic carbocycles. The molecule has 30 heavy (non-hydrogen) atoms. The van der Waals surface area contributed by atoms with Gasteiger partial charge in [-0.15, -0.1) is 0 Å². The van der Waals surface area contributed by atoms with Crippen LogP contribution < -0.4 is 10.6 Å². The standard InChI is InChI=1S/C21H20F3N5O/c1-13-4-6-15(7-5-13)17-9-18(21(22,23)24)29-19(28-17)16(12-27-29)20(30)26-11-14-3-2-8-25-10-14/h2-8,10,12,17-18,28H,9,11H2,1H3,(H,26,30)/t17-,18-/m0/s1. The molecule has 1 amide bonds.